The third-order valence-electron chi connectivity index (χ3n) is 4.66. The Labute approximate surface area is 154 Å². The van der Waals surface area contributed by atoms with Crippen LogP contribution in [0.2, 0.25) is 0 Å². The van der Waals surface area contributed by atoms with Crippen LogP contribution in [0, 0.1) is 11.6 Å². The fourth-order valence-electron chi connectivity index (χ4n) is 3.20. The minimum atomic E-state index is -0.411. The van der Waals surface area contributed by atoms with Crippen LogP contribution in [-0.2, 0) is 4.74 Å². The molecule has 0 unspecified atom stereocenters. The molecule has 0 bridgehead atoms. The molecule has 5 nitrogen and oxygen atoms in total. The molecule has 0 amide bonds. The van der Waals surface area contributed by atoms with E-state index in [1.807, 2.05) is 0 Å². The van der Waals surface area contributed by atoms with Gasteiger partial charge in [0, 0.05) is 42.4 Å². The molecule has 2 heterocycles. The van der Waals surface area contributed by atoms with Gasteiger partial charge in [-0.05, 0) is 43.2 Å². The van der Waals surface area contributed by atoms with Gasteiger partial charge in [-0.15, -0.1) is 0 Å². The van der Waals surface area contributed by atoms with E-state index in [-0.39, 0.29) is 11.9 Å². The summed E-state index contributed by atoms with van der Waals surface area (Å²) in [6.07, 6.45) is 3.08. The molecule has 1 saturated heterocycles. The lowest BCUT2D eigenvalue weighted by molar-refractivity contribution is 0.0904. The normalized spacial score (nSPS) is 15.6. The lowest BCUT2D eigenvalue weighted by Crippen LogP contribution is -2.28. The number of halogens is 2. The molecule has 1 fully saturated rings. The number of H-pyrrole nitrogens is 1. The monoisotopic (exact) mass is 371 g/mol. The number of aromatic nitrogens is 1. The Morgan fingerprint density at radius 2 is 1.96 bits per heavy atom. The van der Waals surface area contributed by atoms with E-state index >= 15 is 0 Å². The van der Waals surface area contributed by atoms with Crippen LogP contribution in [0.5, 0.6) is 5.88 Å². The molecule has 7 heteroatoms. The molecule has 2 aromatic carbocycles. The predicted octanol–water partition coefficient (Wildman–Crippen LogP) is 4.49. The van der Waals surface area contributed by atoms with Gasteiger partial charge < -0.3 is 20.1 Å². The summed E-state index contributed by atoms with van der Waals surface area (Å²) in [5.41, 5.74) is 1.78. The van der Waals surface area contributed by atoms with Crippen molar-refractivity contribution in [2.24, 2.45) is 4.99 Å². The SMILES string of the molecule is Oc1[nH]c2ccc(F)cc2c1C=Nc1ccc(NC2CCOCC2)c(F)c1. The molecule has 3 N–H and O–H groups in total. The van der Waals surface area contributed by atoms with E-state index in [1.54, 1.807) is 12.1 Å². The summed E-state index contributed by atoms with van der Waals surface area (Å²) in [6.45, 7) is 1.35. The minimum absolute atomic E-state index is 0.113. The van der Waals surface area contributed by atoms with Gasteiger partial charge in [0.15, 0.2) is 5.88 Å². The van der Waals surface area contributed by atoms with Crippen molar-refractivity contribution in [1.29, 1.82) is 0 Å². The highest BCUT2D eigenvalue weighted by Crippen LogP contribution is 2.28. The highest BCUT2D eigenvalue weighted by atomic mass is 19.1. The van der Waals surface area contributed by atoms with Gasteiger partial charge in [0.1, 0.15) is 11.6 Å². The van der Waals surface area contributed by atoms with Gasteiger partial charge >= 0.3 is 0 Å². The van der Waals surface area contributed by atoms with Crippen LogP contribution < -0.4 is 5.32 Å². The lowest BCUT2D eigenvalue weighted by atomic mass is 10.1. The van der Waals surface area contributed by atoms with Gasteiger partial charge in [-0.25, -0.2) is 8.78 Å². The van der Waals surface area contributed by atoms with Crippen LogP contribution in [-0.4, -0.2) is 35.6 Å². The van der Waals surface area contributed by atoms with E-state index in [9.17, 15) is 13.9 Å². The largest absolute Gasteiger partial charge is 0.494 e. The molecule has 1 aliphatic rings. The first-order valence-corrected chi connectivity index (χ1v) is 8.78. The maximum absolute atomic E-state index is 14.4. The Bertz CT molecular complexity index is 994. The van der Waals surface area contributed by atoms with Crippen LogP contribution >= 0.6 is 0 Å². The molecule has 140 valence electrons. The molecular formula is C20H19F2N3O2. The second-order valence-electron chi connectivity index (χ2n) is 6.53. The number of benzene rings is 2. The van der Waals surface area contributed by atoms with E-state index < -0.39 is 11.6 Å². The second kappa shape index (κ2) is 7.36. The number of aliphatic imine (C=N–C) groups is 1. The predicted molar refractivity (Wildman–Crippen MR) is 101 cm³/mol. The Hall–Kier alpha value is -2.93. The summed E-state index contributed by atoms with van der Waals surface area (Å²) in [6, 6.07) is 9.01. The van der Waals surface area contributed by atoms with Crippen LogP contribution in [0.3, 0.4) is 0 Å². The summed E-state index contributed by atoms with van der Waals surface area (Å²) in [5.74, 6) is -0.923. The molecule has 0 radical (unpaired) electrons. The smallest absolute Gasteiger partial charge is 0.198 e. The maximum Gasteiger partial charge on any atom is 0.198 e. The number of hydrogen-bond acceptors (Lipinski definition) is 4. The Morgan fingerprint density at radius 1 is 1.15 bits per heavy atom. The number of rotatable bonds is 4. The Balaban J connectivity index is 1.55. The topological polar surface area (TPSA) is 69.6 Å². The van der Waals surface area contributed by atoms with Crippen molar-refractivity contribution in [3.8, 4) is 5.88 Å². The van der Waals surface area contributed by atoms with Gasteiger partial charge in [0.2, 0.25) is 0 Å². The van der Waals surface area contributed by atoms with Crippen molar-refractivity contribution in [2.45, 2.75) is 18.9 Å². The number of nitrogens with zero attached hydrogens (tertiary/aromatic N) is 1. The minimum Gasteiger partial charge on any atom is -0.494 e. The van der Waals surface area contributed by atoms with Crippen molar-refractivity contribution < 1.29 is 18.6 Å². The van der Waals surface area contributed by atoms with Crippen LogP contribution in [0.1, 0.15) is 18.4 Å². The van der Waals surface area contributed by atoms with Crippen molar-refractivity contribution in [1.82, 2.24) is 4.98 Å². The first kappa shape index (κ1) is 17.5. The molecule has 1 aromatic heterocycles. The summed E-state index contributed by atoms with van der Waals surface area (Å²) >= 11 is 0. The number of fused-ring (bicyclic) bond motifs is 1. The van der Waals surface area contributed by atoms with Crippen LogP contribution in [0.4, 0.5) is 20.2 Å². The van der Waals surface area contributed by atoms with E-state index in [2.05, 4.69) is 15.3 Å². The first-order chi connectivity index (χ1) is 13.1. The lowest BCUT2D eigenvalue weighted by Gasteiger charge is -2.24. The molecule has 0 aliphatic carbocycles. The zero-order valence-electron chi connectivity index (χ0n) is 14.5. The fourth-order valence-corrected chi connectivity index (χ4v) is 3.20. The molecule has 27 heavy (non-hydrogen) atoms. The van der Waals surface area contributed by atoms with Gasteiger partial charge in [-0.2, -0.15) is 0 Å². The standard InChI is InChI=1S/C20H19F2N3O2/c21-12-1-3-18-15(9-12)16(20(26)25-18)11-23-14-2-4-19(17(22)10-14)24-13-5-7-27-8-6-13/h1-4,9-11,13,24-26H,5-8H2. The van der Waals surface area contributed by atoms with Gasteiger partial charge in [0.05, 0.1) is 16.9 Å². The van der Waals surface area contributed by atoms with Crippen molar-refractivity contribution >= 4 is 28.5 Å². The summed E-state index contributed by atoms with van der Waals surface area (Å²) in [5, 5.41) is 13.7. The zero-order chi connectivity index (χ0) is 18.8. The molecule has 3 aromatic rings. The van der Waals surface area contributed by atoms with Gasteiger partial charge in [0.25, 0.3) is 0 Å². The van der Waals surface area contributed by atoms with E-state index in [0.29, 0.717) is 41.1 Å². The Morgan fingerprint density at radius 3 is 2.74 bits per heavy atom. The maximum atomic E-state index is 14.4. The quantitative estimate of drug-likeness (QED) is 0.592. The van der Waals surface area contributed by atoms with E-state index in [0.717, 1.165) is 12.8 Å². The van der Waals surface area contributed by atoms with Crippen molar-refractivity contribution in [3.63, 3.8) is 0 Å². The Kier molecular flexibility index (Phi) is 4.77. The number of aromatic amines is 1. The number of ether oxygens (including phenoxy) is 1. The highest BCUT2D eigenvalue weighted by Gasteiger charge is 2.15. The molecule has 1 aliphatic heterocycles. The molecule has 0 atom stereocenters. The molecule has 0 saturated carbocycles. The first-order valence-electron chi connectivity index (χ1n) is 8.78. The summed E-state index contributed by atoms with van der Waals surface area (Å²) in [4.78, 5) is 6.98. The highest BCUT2D eigenvalue weighted by molar-refractivity contribution is 6.02. The third-order valence-corrected chi connectivity index (χ3v) is 4.66. The van der Waals surface area contributed by atoms with Crippen LogP contribution in [0.25, 0.3) is 10.9 Å². The van der Waals surface area contributed by atoms with Crippen LogP contribution in [0.15, 0.2) is 41.4 Å². The van der Waals surface area contributed by atoms with E-state index in [4.69, 9.17) is 4.74 Å². The number of nitrogens with one attached hydrogen (secondary N) is 2. The third kappa shape index (κ3) is 3.78. The molecule has 0 spiro atoms. The number of anilines is 1. The summed E-state index contributed by atoms with van der Waals surface area (Å²) < 4.78 is 33.2. The van der Waals surface area contributed by atoms with Gasteiger partial charge in [-0.3, -0.25) is 4.99 Å². The summed E-state index contributed by atoms with van der Waals surface area (Å²) in [7, 11) is 0. The van der Waals surface area contributed by atoms with E-state index in [1.165, 1.54) is 30.5 Å². The second-order valence-corrected chi connectivity index (χ2v) is 6.53. The van der Waals surface area contributed by atoms with Crippen molar-refractivity contribution in [2.75, 3.05) is 18.5 Å². The average Bonchev–Trinajstić information content (AvgIpc) is 2.97. The van der Waals surface area contributed by atoms with Crippen molar-refractivity contribution in [3.05, 3.63) is 53.6 Å². The zero-order valence-corrected chi connectivity index (χ0v) is 14.5. The number of aromatic hydroxyl groups is 1. The fraction of sp³-hybridized carbons (Fsp3) is 0.250. The molecular weight excluding hydrogens is 352 g/mol. The average molecular weight is 371 g/mol. The van der Waals surface area contributed by atoms with Gasteiger partial charge in [-0.1, -0.05) is 0 Å². The number of hydrogen-bond donors (Lipinski definition) is 3. The molecule has 4 rings (SSSR count).